The standard InChI is InChI=1S/C46H90N2O4/c1-7-9-11-13-15-17-19-21-23-25-27-29-31-33-35-37-40-44(52-45(49)47-41-38-42-51-48(6)43-50-46(3,4)5)39-36-34-32-30-28-26-24-22-20-18-16-14-12-10-8-2/h16,18,22,24,44H,7-15,17,19-21,23,25-43H2,1-6H3,(H,47,49)/b18-16-,24-22-. The molecule has 308 valence electrons. The van der Waals surface area contributed by atoms with Crippen LogP contribution < -0.4 is 5.32 Å². The second-order valence-corrected chi connectivity index (χ2v) is 16.3. The zero-order chi connectivity index (χ0) is 38.2. The molecule has 0 aliphatic rings. The average Bonchev–Trinajstić information content (AvgIpc) is 3.11. The van der Waals surface area contributed by atoms with Gasteiger partial charge in [-0.05, 0) is 85.0 Å². The highest BCUT2D eigenvalue weighted by atomic mass is 16.7. The fourth-order valence-electron chi connectivity index (χ4n) is 6.36. The molecule has 0 aromatic heterocycles. The third kappa shape index (κ3) is 41.4. The molecule has 0 aromatic rings. The zero-order valence-electron chi connectivity index (χ0n) is 35.8. The molecule has 0 aliphatic heterocycles. The quantitative estimate of drug-likeness (QED) is 0.0295. The van der Waals surface area contributed by atoms with E-state index < -0.39 is 0 Å². The van der Waals surface area contributed by atoms with Crippen molar-refractivity contribution in [1.82, 2.24) is 10.4 Å². The van der Waals surface area contributed by atoms with Crippen LogP contribution in [0.4, 0.5) is 4.79 Å². The van der Waals surface area contributed by atoms with Crippen molar-refractivity contribution in [2.45, 2.75) is 239 Å². The maximum atomic E-state index is 12.7. The van der Waals surface area contributed by atoms with Gasteiger partial charge in [0.05, 0.1) is 12.2 Å². The van der Waals surface area contributed by atoms with Crippen LogP contribution in [0.2, 0.25) is 0 Å². The first kappa shape index (κ1) is 50.6. The van der Waals surface area contributed by atoms with Gasteiger partial charge < -0.3 is 14.8 Å². The number of alkyl carbamates (subject to hydrolysis) is 1. The van der Waals surface area contributed by atoms with Gasteiger partial charge in [-0.25, -0.2) is 4.79 Å². The van der Waals surface area contributed by atoms with Crippen molar-refractivity contribution in [2.24, 2.45) is 0 Å². The van der Waals surface area contributed by atoms with Gasteiger partial charge in [-0.1, -0.05) is 167 Å². The lowest BCUT2D eigenvalue weighted by Gasteiger charge is -2.24. The van der Waals surface area contributed by atoms with E-state index >= 15 is 0 Å². The molecule has 0 saturated carbocycles. The molecule has 0 heterocycles. The first-order chi connectivity index (χ1) is 25.3. The highest BCUT2D eigenvalue weighted by Crippen LogP contribution is 2.18. The molecule has 1 amide bonds. The smallest absolute Gasteiger partial charge is 0.407 e. The van der Waals surface area contributed by atoms with Crippen LogP contribution in [0.1, 0.15) is 227 Å². The molecule has 6 heteroatoms. The second kappa shape index (κ2) is 39.3. The molecule has 1 atom stereocenters. The maximum Gasteiger partial charge on any atom is 0.407 e. The predicted molar refractivity (Wildman–Crippen MR) is 226 cm³/mol. The Morgan fingerprint density at radius 1 is 0.596 bits per heavy atom. The van der Waals surface area contributed by atoms with E-state index in [1.165, 1.54) is 154 Å². The van der Waals surface area contributed by atoms with Crippen LogP contribution in [-0.4, -0.2) is 49.8 Å². The van der Waals surface area contributed by atoms with Crippen LogP contribution >= 0.6 is 0 Å². The summed E-state index contributed by atoms with van der Waals surface area (Å²) in [7, 11) is 1.86. The Morgan fingerprint density at radius 3 is 1.50 bits per heavy atom. The summed E-state index contributed by atoms with van der Waals surface area (Å²) in [6.07, 6.45) is 47.3. The zero-order valence-corrected chi connectivity index (χ0v) is 35.8. The molecule has 0 aliphatic carbocycles. The summed E-state index contributed by atoms with van der Waals surface area (Å²) < 4.78 is 11.7. The van der Waals surface area contributed by atoms with Crippen LogP contribution in [0.5, 0.6) is 0 Å². The van der Waals surface area contributed by atoms with Crippen molar-refractivity contribution < 1.29 is 19.1 Å². The first-order valence-corrected chi connectivity index (χ1v) is 22.5. The van der Waals surface area contributed by atoms with Gasteiger partial charge in [0.15, 0.2) is 0 Å². The molecule has 0 bridgehead atoms. The summed E-state index contributed by atoms with van der Waals surface area (Å²) in [6, 6.07) is 0. The fourth-order valence-corrected chi connectivity index (χ4v) is 6.36. The molecule has 6 nitrogen and oxygen atoms in total. The lowest BCUT2D eigenvalue weighted by molar-refractivity contribution is -0.213. The number of hydroxylamine groups is 2. The molecule has 1 unspecified atom stereocenters. The fraction of sp³-hybridized carbons (Fsp3) is 0.891. The van der Waals surface area contributed by atoms with Crippen LogP contribution in [0.3, 0.4) is 0 Å². The topological polar surface area (TPSA) is 60.0 Å². The van der Waals surface area contributed by atoms with Crippen LogP contribution in [0, 0.1) is 0 Å². The number of unbranched alkanes of at least 4 members (excludes halogenated alkanes) is 23. The van der Waals surface area contributed by atoms with Gasteiger partial charge in [0.1, 0.15) is 12.8 Å². The number of hydrogen-bond acceptors (Lipinski definition) is 5. The van der Waals surface area contributed by atoms with Crippen LogP contribution in [0.15, 0.2) is 24.3 Å². The van der Waals surface area contributed by atoms with Crippen LogP contribution in [-0.2, 0) is 14.3 Å². The minimum atomic E-state index is -0.284. The van der Waals surface area contributed by atoms with Gasteiger partial charge in [-0.2, -0.15) is 5.06 Å². The van der Waals surface area contributed by atoms with E-state index in [2.05, 4.69) is 43.5 Å². The monoisotopic (exact) mass is 735 g/mol. The molecule has 0 saturated heterocycles. The minimum absolute atomic E-state index is 0.0153. The number of amides is 1. The van der Waals surface area contributed by atoms with E-state index in [1.807, 2.05) is 27.8 Å². The Kier molecular flexibility index (Phi) is 38.3. The van der Waals surface area contributed by atoms with E-state index in [-0.39, 0.29) is 17.8 Å². The molecule has 0 radical (unpaired) electrons. The van der Waals surface area contributed by atoms with Gasteiger partial charge in [-0.15, -0.1) is 0 Å². The Hall–Kier alpha value is -1.37. The lowest BCUT2D eigenvalue weighted by atomic mass is 10.0. The van der Waals surface area contributed by atoms with E-state index in [0.717, 1.165) is 38.5 Å². The Morgan fingerprint density at radius 2 is 1.02 bits per heavy atom. The summed E-state index contributed by atoms with van der Waals surface area (Å²) in [5, 5.41) is 4.65. The number of carbonyl (C=O) groups excluding carboxylic acids is 1. The molecule has 1 N–H and O–H groups in total. The van der Waals surface area contributed by atoms with E-state index in [1.54, 1.807) is 5.06 Å². The van der Waals surface area contributed by atoms with Gasteiger partial charge in [0.2, 0.25) is 0 Å². The SMILES string of the molecule is CCCCC/C=C\C/C=C\CCCCCCCC(CCCCCCCCCCCCCCCCCC)OC(=O)NCCCON(C)COC(C)(C)C. The number of allylic oxidation sites excluding steroid dienone is 4. The number of nitrogens with zero attached hydrogens (tertiary/aromatic N) is 1. The summed E-state index contributed by atoms with van der Waals surface area (Å²) in [5.74, 6) is 0. The van der Waals surface area contributed by atoms with Crippen LogP contribution in [0.25, 0.3) is 0 Å². The van der Waals surface area contributed by atoms with Gasteiger partial charge >= 0.3 is 6.09 Å². The number of hydrogen-bond donors (Lipinski definition) is 1. The largest absolute Gasteiger partial charge is 0.446 e. The van der Waals surface area contributed by atoms with Crippen molar-refractivity contribution in [2.75, 3.05) is 26.9 Å². The predicted octanol–water partition coefficient (Wildman–Crippen LogP) is 14.6. The van der Waals surface area contributed by atoms with E-state index in [0.29, 0.717) is 19.9 Å². The molecule has 0 spiro atoms. The Balaban J connectivity index is 4.21. The second-order valence-electron chi connectivity index (χ2n) is 16.3. The number of carbonyl (C=O) groups is 1. The maximum absolute atomic E-state index is 12.7. The van der Waals surface area contributed by atoms with Crippen molar-refractivity contribution >= 4 is 6.09 Å². The van der Waals surface area contributed by atoms with Gasteiger partial charge in [0.25, 0.3) is 0 Å². The van der Waals surface area contributed by atoms with Gasteiger partial charge in [-0.3, -0.25) is 4.84 Å². The average molecular weight is 735 g/mol. The summed E-state index contributed by atoms with van der Waals surface area (Å²) >= 11 is 0. The third-order valence-corrected chi connectivity index (χ3v) is 9.71. The Labute approximate surface area is 325 Å². The van der Waals surface area contributed by atoms with Gasteiger partial charge in [0, 0.05) is 13.6 Å². The first-order valence-electron chi connectivity index (χ1n) is 22.5. The summed E-state index contributed by atoms with van der Waals surface area (Å²) in [6.45, 7) is 12.1. The van der Waals surface area contributed by atoms with E-state index in [9.17, 15) is 4.79 Å². The molecular weight excluding hydrogens is 645 g/mol. The third-order valence-electron chi connectivity index (χ3n) is 9.71. The molecule has 0 rings (SSSR count). The van der Waals surface area contributed by atoms with E-state index in [4.69, 9.17) is 14.3 Å². The van der Waals surface area contributed by atoms with Crippen molar-refractivity contribution in [3.8, 4) is 0 Å². The van der Waals surface area contributed by atoms with Crippen molar-refractivity contribution in [3.63, 3.8) is 0 Å². The number of ether oxygens (including phenoxy) is 2. The lowest BCUT2D eigenvalue weighted by Crippen LogP contribution is -2.32. The summed E-state index contributed by atoms with van der Waals surface area (Å²) in [5.41, 5.74) is -0.201. The minimum Gasteiger partial charge on any atom is -0.446 e. The number of nitrogens with one attached hydrogen (secondary N) is 1. The van der Waals surface area contributed by atoms with Crippen molar-refractivity contribution in [1.29, 1.82) is 0 Å². The highest BCUT2D eigenvalue weighted by molar-refractivity contribution is 5.67. The highest BCUT2D eigenvalue weighted by Gasteiger charge is 2.15. The Bertz CT molecular complexity index is 794. The molecular formula is C46H90N2O4. The number of rotatable bonds is 39. The molecule has 0 fully saturated rings. The normalized spacial score (nSPS) is 12.8. The molecule has 0 aromatic carbocycles. The molecule has 52 heavy (non-hydrogen) atoms. The summed E-state index contributed by atoms with van der Waals surface area (Å²) in [4.78, 5) is 18.4. The van der Waals surface area contributed by atoms with Crippen molar-refractivity contribution in [3.05, 3.63) is 24.3 Å².